The van der Waals surface area contributed by atoms with Crippen molar-refractivity contribution in [2.75, 3.05) is 6.61 Å². The molecule has 0 atom stereocenters. The molecule has 1 heterocycles. The van der Waals surface area contributed by atoms with Crippen LogP contribution in [0.2, 0.25) is 0 Å². The predicted octanol–water partition coefficient (Wildman–Crippen LogP) is 5.21. The Morgan fingerprint density at radius 2 is 2.05 bits per heavy atom. The van der Waals surface area contributed by atoms with E-state index in [0.717, 1.165) is 24.4 Å². The van der Waals surface area contributed by atoms with Gasteiger partial charge >= 0.3 is 0 Å². The Morgan fingerprint density at radius 3 is 2.58 bits per heavy atom. The number of carbonyl (C=O) groups is 1. The lowest BCUT2D eigenvalue weighted by molar-refractivity contribution is 0.104. The van der Waals surface area contributed by atoms with E-state index >= 15 is 0 Å². The highest BCUT2D eigenvalue weighted by Crippen LogP contribution is 2.31. The summed E-state index contributed by atoms with van der Waals surface area (Å²) in [5.74, 6) is 0.783. The van der Waals surface area contributed by atoms with Crippen molar-refractivity contribution >= 4 is 49.0 Å². The number of ketones is 1. The van der Waals surface area contributed by atoms with E-state index in [4.69, 9.17) is 4.74 Å². The fourth-order valence-electron chi connectivity index (χ4n) is 1.63. The average molecular weight is 404 g/mol. The van der Waals surface area contributed by atoms with E-state index in [2.05, 4.69) is 31.9 Å². The summed E-state index contributed by atoms with van der Waals surface area (Å²) in [7, 11) is 0. The van der Waals surface area contributed by atoms with Crippen LogP contribution in [-0.2, 0) is 0 Å². The van der Waals surface area contributed by atoms with Crippen LogP contribution in [0.25, 0.3) is 0 Å². The molecule has 1 aromatic heterocycles. The van der Waals surface area contributed by atoms with Crippen molar-refractivity contribution in [3.05, 3.63) is 48.5 Å². The number of rotatable bonds is 4. The molecule has 0 radical (unpaired) electrons. The largest absolute Gasteiger partial charge is 0.493 e. The predicted molar refractivity (Wildman–Crippen MR) is 85.5 cm³/mol. The maximum absolute atomic E-state index is 12.4. The van der Waals surface area contributed by atoms with Gasteiger partial charge in [0.15, 0.2) is 0 Å². The van der Waals surface area contributed by atoms with E-state index in [1.807, 2.05) is 26.0 Å². The molecule has 100 valence electrons. The van der Waals surface area contributed by atoms with Crippen LogP contribution in [0.5, 0.6) is 5.75 Å². The number of halogens is 2. The molecule has 2 nitrogen and oxygen atoms in total. The second-order valence-corrected chi connectivity index (χ2v) is 7.20. The molecule has 0 bridgehead atoms. The van der Waals surface area contributed by atoms with Crippen molar-refractivity contribution < 1.29 is 9.53 Å². The van der Waals surface area contributed by atoms with Gasteiger partial charge in [0.1, 0.15) is 5.75 Å². The Hall–Kier alpha value is -0.650. The van der Waals surface area contributed by atoms with Crippen molar-refractivity contribution in [2.24, 2.45) is 0 Å². The van der Waals surface area contributed by atoms with Crippen molar-refractivity contribution in [3.63, 3.8) is 0 Å². The smallest absolute Gasteiger partial charge is 0.203 e. The molecule has 0 saturated heterocycles. The summed E-state index contributed by atoms with van der Waals surface area (Å²) in [6.45, 7) is 4.51. The maximum Gasteiger partial charge on any atom is 0.203 e. The third kappa shape index (κ3) is 3.27. The Bertz CT molecular complexity index is 600. The minimum absolute atomic E-state index is 0.0301. The molecule has 2 aromatic rings. The Labute approximate surface area is 133 Å². The van der Waals surface area contributed by atoms with Crippen molar-refractivity contribution in [1.29, 1.82) is 0 Å². The minimum atomic E-state index is 0.0301. The van der Waals surface area contributed by atoms with Gasteiger partial charge in [0.2, 0.25) is 5.78 Å². The maximum atomic E-state index is 12.4. The fraction of sp³-hybridized carbons (Fsp3) is 0.214. The van der Waals surface area contributed by atoms with Gasteiger partial charge in [-0.1, -0.05) is 0 Å². The molecule has 0 fully saturated rings. The van der Waals surface area contributed by atoms with Crippen LogP contribution in [0, 0.1) is 6.92 Å². The van der Waals surface area contributed by atoms with E-state index in [0.29, 0.717) is 12.2 Å². The van der Waals surface area contributed by atoms with Gasteiger partial charge in [0.05, 0.1) is 19.7 Å². The second kappa shape index (κ2) is 6.20. The molecule has 0 aliphatic heterocycles. The van der Waals surface area contributed by atoms with Crippen LogP contribution in [0.4, 0.5) is 0 Å². The number of carbonyl (C=O) groups excluding carboxylic acids is 1. The Kier molecular flexibility index (Phi) is 4.81. The summed E-state index contributed by atoms with van der Waals surface area (Å²) in [5.41, 5.74) is 1.74. The van der Waals surface area contributed by atoms with E-state index in [-0.39, 0.29) is 5.78 Å². The Balaban J connectivity index is 2.31. The normalized spacial score (nSPS) is 10.5. The molecule has 0 unspecified atom stereocenters. The van der Waals surface area contributed by atoms with Gasteiger partial charge in [-0.15, -0.1) is 11.3 Å². The molecule has 2 rings (SSSR count). The van der Waals surface area contributed by atoms with Gasteiger partial charge in [-0.25, -0.2) is 0 Å². The van der Waals surface area contributed by atoms with Crippen molar-refractivity contribution in [3.8, 4) is 5.75 Å². The number of thiophene rings is 1. The molecule has 0 spiro atoms. The summed E-state index contributed by atoms with van der Waals surface area (Å²) in [4.78, 5) is 13.1. The number of benzene rings is 1. The molecule has 0 amide bonds. The van der Waals surface area contributed by atoms with Crippen LogP contribution in [0.3, 0.4) is 0 Å². The molecular weight excluding hydrogens is 392 g/mol. The second-order valence-electron chi connectivity index (χ2n) is 3.97. The first-order chi connectivity index (χ1) is 9.02. The van der Waals surface area contributed by atoms with Gasteiger partial charge in [-0.2, -0.15) is 0 Å². The molecular formula is C14H12Br2O2S. The number of aryl methyl sites for hydroxylation is 1. The van der Waals surface area contributed by atoms with E-state index in [1.165, 1.54) is 11.3 Å². The van der Waals surface area contributed by atoms with Crippen LogP contribution in [0.15, 0.2) is 32.5 Å². The lowest BCUT2D eigenvalue weighted by atomic mass is 10.1. The summed E-state index contributed by atoms with van der Waals surface area (Å²) >= 11 is 8.32. The van der Waals surface area contributed by atoms with Gasteiger partial charge in [0, 0.05) is 5.56 Å². The fourth-order valence-corrected chi connectivity index (χ4v) is 3.62. The summed E-state index contributed by atoms with van der Waals surface area (Å²) < 4.78 is 7.24. The highest BCUT2D eigenvalue weighted by molar-refractivity contribution is 9.11. The first-order valence-electron chi connectivity index (χ1n) is 5.76. The zero-order valence-corrected chi connectivity index (χ0v) is 14.5. The van der Waals surface area contributed by atoms with Gasteiger partial charge < -0.3 is 4.74 Å². The minimum Gasteiger partial charge on any atom is -0.493 e. The highest BCUT2D eigenvalue weighted by atomic mass is 79.9. The molecule has 0 saturated carbocycles. The summed E-state index contributed by atoms with van der Waals surface area (Å²) in [6, 6.07) is 7.31. The summed E-state index contributed by atoms with van der Waals surface area (Å²) in [6.07, 6.45) is 0. The van der Waals surface area contributed by atoms with Crippen LogP contribution >= 0.6 is 43.2 Å². The van der Waals surface area contributed by atoms with E-state index < -0.39 is 0 Å². The lowest BCUT2D eigenvalue weighted by Crippen LogP contribution is -2.00. The zero-order chi connectivity index (χ0) is 14.0. The molecule has 19 heavy (non-hydrogen) atoms. The monoisotopic (exact) mass is 402 g/mol. The Morgan fingerprint density at radius 1 is 1.32 bits per heavy atom. The van der Waals surface area contributed by atoms with Crippen LogP contribution in [-0.4, -0.2) is 12.4 Å². The zero-order valence-electron chi connectivity index (χ0n) is 10.5. The highest BCUT2D eigenvalue weighted by Gasteiger charge is 2.15. The van der Waals surface area contributed by atoms with Crippen molar-refractivity contribution in [1.82, 2.24) is 0 Å². The number of hydrogen-bond acceptors (Lipinski definition) is 3. The van der Waals surface area contributed by atoms with E-state index in [9.17, 15) is 4.79 Å². The van der Waals surface area contributed by atoms with Crippen LogP contribution < -0.4 is 4.74 Å². The first-order valence-corrected chi connectivity index (χ1v) is 8.16. The standard InChI is InChI=1S/C14H12Br2O2S/c1-3-18-11-5-4-9(7-10(11)15)13(17)12-6-8(2)14(16)19-12/h4-7H,3H2,1-2H3. The molecule has 1 aromatic carbocycles. The third-order valence-corrected chi connectivity index (χ3v) is 5.33. The quantitative estimate of drug-likeness (QED) is 0.654. The number of hydrogen-bond donors (Lipinski definition) is 0. The van der Waals surface area contributed by atoms with Gasteiger partial charge in [-0.3, -0.25) is 4.79 Å². The molecule has 0 N–H and O–H groups in total. The SMILES string of the molecule is CCOc1ccc(C(=O)c2cc(C)c(Br)s2)cc1Br. The number of ether oxygens (including phenoxy) is 1. The van der Waals surface area contributed by atoms with Crippen molar-refractivity contribution in [2.45, 2.75) is 13.8 Å². The molecule has 0 aliphatic carbocycles. The molecule has 0 aliphatic rings. The average Bonchev–Trinajstić information content (AvgIpc) is 2.71. The topological polar surface area (TPSA) is 26.3 Å². The van der Waals surface area contributed by atoms with Gasteiger partial charge in [0.25, 0.3) is 0 Å². The lowest BCUT2D eigenvalue weighted by Gasteiger charge is -2.06. The first kappa shape index (κ1) is 14.8. The van der Waals surface area contributed by atoms with E-state index in [1.54, 1.807) is 12.1 Å². The third-order valence-electron chi connectivity index (χ3n) is 2.57. The van der Waals surface area contributed by atoms with Gasteiger partial charge in [-0.05, 0) is 75.5 Å². The molecule has 5 heteroatoms. The summed E-state index contributed by atoms with van der Waals surface area (Å²) in [5, 5.41) is 0. The van der Waals surface area contributed by atoms with Crippen LogP contribution in [0.1, 0.15) is 27.7 Å².